The number of nitrogens with two attached hydrogens (primary N) is 1. The molecule has 0 aromatic carbocycles. The van der Waals surface area contributed by atoms with Gasteiger partial charge in [0.2, 0.25) is 0 Å². The van der Waals surface area contributed by atoms with Gasteiger partial charge in [0.1, 0.15) is 5.82 Å². The number of aromatic nitrogens is 4. The van der Waals surface area contributed by atoms with Gasteiger partial charge in [0, 0.05) is 32.4 Å². The maximum Gasteiger partial charge on any atom is 0.110 e. The molecule has 0 spiro atoms. The average Bonchev–Trinajstić information content (AvgIpc) is 2.74. The van der Waals surface area contributed by atoms with Gasteiger partial charge < -0.3 is 10.3 Å². The van der Waals surface area contributed by atoms with Gasteiger partial charge in [-0.25, -0.2) is 4.98 Å². The molecule has 2 heterocycles. The summed E-state index contributed by atoms with van der Waals surface area (Å²) in [5, 5.41) is 4.20. The van der Waals surface area contributed by atoms with Gasteiger partial charge >= 0.3 is 0 Å². The number of hydrogen-bond donors (Lipinski definition) is 1. The first-order valence-corrected chi connectivity index (χ1v) is 4.92. The summed E-state index contributed by atoms with van der Waals surface area (Å²) in [6.07, 6.45) is 6.30. The highest BCUT2D eigenvalue weighted by atomic mass is 15.3. The van der Waals surface area contributed by atoms with Crippen molar-refractivity contribution in [2.75, 3.05) is 5.73 Å². The van der Waals surface area contributed by atoms with Gasteiger partial charge in [0.25, 0.3) is 0 Å². The zero-order valence-electron chi connectivity index (χ0n) is 9.01. The van der Waals surface area contributed by atoms with Crippen LogP contribution in [0.15, 0.2) is 18.6 Å². The van der Waals surface area contributed by atoms with E-state index >= 15 is 0 Å². The molecule has 0 amide bonds. The minimum absolute atomic E-state index is 0.745. The third-order valence-electron chi connectivity index (χ3n) is 2.61. The molecule has 80 valence electrons. The fourth-order valence-electron chi connectivity index (χ4n) is 1.53. The molecule has 2 N–H and O–H groups in total. The minimum Gasteiger partial charge on any atom is -0.396 e. The van der Waals surface area contributed by atoms with E-state index in [9.17, 15) is 0 Å². The van der Waals surface area contributed by atoms with Crippen LogP contribution in [0.3, 0.4) is 0 Å². The molecule has 5 heteroatoms. The van der Waals surface area contributed by atoms with Crippen molar-refractivity contribution in [1.82, 2.24) is 19.3 Å². The van der Waals surface area contributed by atoms with E-state index in [1.54, 1.807) is 12.4 Å². The molecule has 0 fully saturated rings. The fraction of sp³-hybridized carbons (Fsp3) is 0.400. The Bertz CT molecular complexity index is 454. The Morgan fingerprint density at radius 3 is 2.80 bits per heavy atom. The highest BCUT2D eigenvalue weighted by molar-refractivity contribution is 5.39. The molecule has 5 nitrogen and oxygen atoms in total. The van der Waals surface area contributed by atoms with Crippen LogP contribution >= 0.6 is 0 Å². The van der Waals surface area contributed by atoms with E-state index in [0.29, 0.717) is 0 Å². The van der Waals surface area contributed by atoms with E-state index in [1.165, 1.54) is 0 Å². The number of nitrogen functional groups attached to an aromatic ring is 1. The predicted molar refractivity (Wildman–Crippen MR) is 58.3 cm³/mol. The molecule has 0 aliphatic carbocycles. The monoisotopic (exact) mass is 205 g/mol. The van der Waals surface area contributed by atoms with Crippen LogP contribution in [0.1, 0.15) is 11.5 Å². The third kappa shape index (κ3) is 1.86. The van der Waals surface area contributed by atoms with E-state index in [4.69, 9.17) is 5.73 Å². The Balaban J connectivity index is 2.05. The van der Waals surface area contributed by atoms with Crippen LogP contribution in [0.4, 0.5) is 5.69 Å². The van der Waals surface area contributed by atoms with Crippen LogP contribution in [-0.4, -0.2) is 19.3 Å². The summed E-state index contributed by atoms with van der Waals surface area (Å²) in [4.78, 5) is 4.26. The second-order valence-corrected chi connectivity index (χ2v) is 3.61. The van der Waals surface area contributed by atoms with Gasteiger partial charge in [0.05, 0.1) is 17.6 Å². The molecule has 2 aromatic heterocycles. The smallest absolute Gasteiger partial charge is 0.110 e. The Morgan fingerprint density at radius 1 is 1.47 bits per heavy atom. The normalized spacial score (nSPS) is 10.8. The standard InChI is InChI=1S/C10H15N5/c1-8-9(11)7-13-15(8)5-3-10-12-4-6-14(10)2/h4,6-7H,3,5,11H2,1-2H3. The lowest BCUT2D eigenvalue weighted by molar-refractivity contribution is 0.576. The Labute approximate surface area is 88.5 Å². The molecular formula is C10H15N5. The maximum absolute atomic E-state index is 5.72. The molecule has 0 aliphatic heterocycles. The Kier molecular flexibility index (Phi) is 2.45. The first-order chi connectivity index (χ1) is 7.18. The van der Waals surface area contributed by atoms with E-state index in [2.05, 4.69) is 10.1 Å². The summed E-state index contributed by atoms with van der Waals surface area (Å²) in [5.41, 5.74) is 7.48. The summed E-state index contributed by atoms with van der Waals surface area (Å²) >= 11 is 0. The first-order valence-electron chi connectivity index (χ1n) is 4.92. The van der Waals surface area contributed by atoms with E-state index < -0.39 is 0 Å². The molecule has 0 atom stereocenters. The van der Waals surface area contributed by atoms with Crippen LogP contribution < -0.4 is 5.73 Å². The van der Waals surface area contributed by atoms with Crippen molar-refractivity contribution >= 4 is 5.69 Å². The number of nitrogens with zero attached hydrogens (tertiary/aromatic N) is 4. The van der Waals surface area contributed by atoms with Crippen LogP contribution in [0.25, 0.3) is 0 Å². The van der Waals surface area contributed by atoms with Gasteiger partial charge in [-0.3, -0.25) is 4.68 Å². The zero-order chi connectivity index (χ0) is 10.8. The summed E-state index contributed by atoms with van der Waals surface area (Å²) in [7, 11) is 1.99. The lowest BCUT2D eigenvalue weighted by atomic mass is 10.3. The number of imidazole rings is 1. The predicted octanol–water partition coefficient (Wildman–Crippen LogP) is 0.750. The molecule has 0 aliphatic rings. The lowest BCUT2D eigenvalue weighted by Gasteiger charge is -2.04. The Hall–Kier alpha value is -1.78. The molecule has 2 rings (SSSR count). The van der Waals surface area contributed by atoms with E-state index in [0.717, 1.165) is 30.2 Å². The summed E-state index contributed by atoms with van der Waals surface area (Å²) in [6.45, 7) is 2.79. The highest BCUT2D eigenvalue weighted by Gasteiger charge is 2.04. The lowest BCUT2D eigenvalue weighted by Crippen LogP contribution is -2.08. The molecule has 0 radical (unpaired) electrons. The SMILES string of the molecule is Cc1c(N)cnn1CCc1nccn1C. The van der Waals surface area contributed by atoms with Crippen molar-refractivity contribution in [2.45, 2.75) is 19.9 Å². The molecule has 0 unspecified atom stereocenters. The van der Waals surface area contributed by atoms with Crippen LogP contribution in [0.2, 0.25) is 0 Å². The first kappa shape index (κ1) is 9.76. The number of rotatable bonds is 3. The number of aryl methyl sites for hydroxylation is 3. The fourth-order valence-corrected chi connectivity index (χ4v) is 1.53. The van der Waals surface area contributed by atoms with Crippen molar-refractivity contribution in [3.05, 3.63) is 30.1 Å². The van der Waals surface area contributed by atoms with Gasteiger partial charge in [-0.05, 0) is 6.92 Å². The van der Waals surface area contributed by atoms with Crippen LogP contribution in [0.5, 0.6) is 0 Å². The van der Waals surface area contributed by atoms with Crippen LogP contribution in [0, 0.1) is 6.92 Å². The van der Waals surface area contributed by atoms with Crippen molar-refractivity contribution in [3.8, 4) is 0 Å². The molecule has 0 saturated carbocycles. The molecule has 0 saturated heterocycles. The van der Waals surface area contributed by atoms with Crippen molar-refractivity contribution < 1.29 is 0 Å². The Morgan fingerprint density at radius 2 is 2.27 bits per heavy atom. The van der Waals surface area contributed by atoms with Crippen LogP contribution in [-0.2, 0) is 20.0 Å². The molecular weight excluding hydrogens is 190 g/mol. The topological polar surface area (TPSA) is 61.7 Å². The summed E-state index contributed by atoms with van der Waals surface area (Å²) in [5.74, 6) is 1.06. The average molecular weight is 205 g/mol. The van der Waals surface area contributed by atoms with Gasteiger partial charge in [0.15, 0.2) is 0 Å². The van der Waals surface area contributed by atoms with Gasteiger partial charge in [-0.1, -0.05) is 0 Å². The molecule has 0 bridgehead atoms. The van der Waals surface area contributed by atoms with Crippen molar-refractivity contribution in [3.63, 3.8) is 0 Å². The zero-order valence-corrected chi connectivity index (χ0v) is 9.01. The van der Waals surface area contributed by atoms with E-state index in [-0.39, 0.29) is 0 Å². The number of anilines is 1. The van der Waals surface area contributed by atoms with Crippen molar-refractivity contribution in [2.24, 2.45) is 7.05 Å². The third-order valence-corrected chi connectivity index (χ3v) is 2.61. The molecule has 2 aromatic rings. The maximum atomic E-state index is 5.72. The summed E-state index contributed by atoms with van der Waals surface area (Å²) < 4.78 is 3.92. The minimum atomic E-state index is 0.745. The second kappa shape index (κ2) is 3.76. The highest BCUT2D eigenvalue weighted by Crippen LogP contribution is 2.09. The molecule has 15 heavy (non-hydrogen) atoms. The number of hydrogen-bond acceptors (Lipinski definition) is 3. The summed E-state index contributed by atoms with van der Waals surface area (Å²) in [6, 6.07) is 0. The van der Waals surface area contributed by atoms with Gasteiger partial charge in [-0.15, -0.1) is 0 Å². The van der Waals surface area contributed by atoms with E-state index in [1.807, 2.05) is 29.4 Å². The largest absolute Gasteiger partial charge is 0.396 e. The van der Waals surface area contributed by atoms with Gasteiger partial charge in [-0.2, -0.15) is 5.10 Å². The van der Waals surface area contributed by atoms with Crippen molar-refractivity contribution in [1.29, 1.82) is 0 Å². The quantitative estimate of drug-likeness (QED) is 0.804. The second-order valence-electron chi connectivity index (χ2n) is 3.61.